The molecule has 11 heteroatoms. The van der Waals surface area contributed by atoms with Crippen molar-refractivity contribution < 1.29 is 23.1 Å². The van der Waals surface area contributed by atoms with Crippen LogP contribution in [-0.4, -0.2) is 35.6 Å². The first kappa shape index (κ1) is 32.3. The summed E-state index contributed by atoms with van der Waals surface area (Å²) in [6, 6.07) is 11.9. The lowest BCUT2D eigenvalue weighted by molar-refractivity contribution is -0.123. The van der Waals surface area contributed by atoms with Crippen molar-refractivity contribution in [3.8, 4) is 6.07 Å². The van der Waals surface area contributed by atoms with Gasteiger partial charge in [0.25, 0.3) is 0 Å². The zero-order valence-electron chi connectivity index (χ0n) is 24.2. The summed E-state index contributed by atoms with van der Waals surface area (Å²) >= 11 is 12.2. The van der Waals surface area contributed by atoms with Crippen LogP contribution in [0.4, 0.5) is 8.78 Å². The van der Waals surface area contributed by atoms with E-state index in [1.54, 1.807) is 13.0 Å². The van der Waals surface area contributed by atoms with Gasteiger partial charge in [0.2, 0.25) is 5.91 Å². The number of nitrogens with zero attached hydrogens (tertiary/aromatic N) is 2. The van der Waals surface area contributed by atoms with Gasteiger partial charge in [0.05, 0.1) is 41.5 Å². The summed E-state index contributed by atoms with van der Waals surface area (Å²) in [6.07, 6.45) is 1.70. The number of rotatable bonds is 8. The van der Waals surface area contributed by atoms with E-state index in [1.165, 1.54) is 42.6 Å². The van der Waals surface area contributed by atoms with Crippen LogP contribution in [0.1, 0.15) is 67.2 Å². The number of nitriles is 1. The molecule has 226 valence electrons. The van der Waals surface area contributed by atoms with Gasteiger partial charge in [0, 0.05) is 28.7 Å². The van der Waals surface area contributed by atoms with Crippen molar-refractivity contribution in [3.63, 3.8) is 0 Å². The van der Waals surface area contributed by atoms with Crippen molar-refractivity contribution in [1.82, 2.24) is 15.6 Å². The van der Waals surface area contributed by atoms with Gasteiger partial charge in [-0.2, -0.15) is 5.26 Å². The second-order valence-corrected chi connectivity index (χ2v) is 12.5. The first-order valence-electron chi connectivity index (χ1n) is 13.8. The van der Waals surface area contributed by atoms with E-state index in [0.717, 1.165) is 6.07 Å². The number of hydrogen-bond acceptors (Lipinski definition) is 6. The van der Waals surface area contributed by atoms with E-state index < -0.39 is 46.9 Å². The predicted molar refractivity (Wildman–Crippen MR) is 160 cm³/mol. The number of aromatic nitrogens is 1. The Balaban J connectivity index is 1.79. The normalized spacial score (nSPS) is 21.7. The van der Waals surface area contributed by atoms with Crippen LogP contribution >= 0.6 is 23.2 Å². The number of carbonyl (C=O) groups excluding carboxylic acids is 2. The quantitative estimate of drug-likeness (QED) is 0.277. The van der Waals surface area contributed by atoms with Crippen molar-refractivity contribution in [2.75, 3.05) is 6.61 Å². The van der Waals surface area contributed by atoms with Gasteiger partial charge in [-0.15, -0.1) is 0 Å². The van der Waals surface area contributed by atoms with E-state index in [4.69, 9.17) is 27.9 Å². The molecule has 3 aromatic rings. The molecule has 1 saturated heterocycles. The zero-order chi connectivity index (χ0) is 31.5. The van der Waals surface area contributed by atoms with Gasteiger partial charge < -0.3 is 15.4 Å². The largest absolute Gasteiger partial charge is 0.462 e. The third kappa shape index (κ3) is 6.67. The summed E-state index contributed by atoms with van der Waals surface area (Å²) in [7, 11) is 0. The highest BCUT2D eigenvalue weighted by Gasteiger charge is 2.61. The summed E-state index contributed by atoms with van der Waals surface area (Å²) in [5.74, 6) is -3.78. The molecule has 4 unspecified atom stereocenters. The van der Waals surface area contributed by atoms with Crippen molar-refractivity contribution in [2.45, 2.75) is 64.1 Å². The number of hydrogen-bond donors (Lipinski definition) is 2. The van der Waals surface area contributed by atoms with E-state index in [9.17, 15) is 14.9 Å². The van der Waals surface area contributed by atoms with E-state index in [2.05, 4.69) is 21.7 Å². The molecule has 0 bridgehead atoms. The van der Waals surface area contributed by atoms with Gasteiger partial charge in [0.15, 0.2) is 0 Å². The molecular formula is C32H32Cl2F2N4O3. The fourth-order valence-corrected chi connectivity index (χ4v) is 6.05. The van der Waals surface area contributed by atoms with Gasteiger partial charge >= 0.3 is 5.97 Å². The molecule has 1 amide bonds. The molecule has 0 aliphatic carbocycles. The highest BCUT2D eigenvalue weighted by molar-refractivity contribution is 6.31. The van der Waals surface area contributed by atoms with Crippen molar-refractivity contribution in [1.29, 1.82) is 5.26 Å². The monoisotopic (exact) mass is 628 g/mol. The fraction of sp³-hybridized carbons (Fsp3) is 0.375. The fourth-order valence-electron chi connectivity index (χ4n) is 5.71. The topological polar surface area (TPSA) is 104 Å². The average molecular weight is 630 g/mol. The maximum atomic E-state index is 15.8. The van der Waals surface area contributed by atoms with Crippen molar-refractivity contribution >= 4 is 35.1 Å². The van der Waals surface area contributed by atoms with Crippen LogP contribution in [0.15, 0.2) is 54.7 Å². The zero-order valence-corrected chi connectivity index (χ0v) is 25.7. The molecule has 0 radical (unpaired) electrons. The molecule has 1 fully saturated rings. The van der Waals surface area contributed by atoms with E-state index in [-0.39, 0.29) is 45.3 Å². The number of ether oxygens (including phenoxy) is 1. The minimum atomic E-state index is -1.73. The number of halogens is 4. The number of pyridine rings is 1. The molecule has 4 atom stereocenters. The summed E-state index contributed by atoms with van der Waals surface area (Å²) in [6.45, 7) is 7.78. The van der Waals surface area contributed by atoms with Crippen LogP contribution in [0.2, 0.25) is 10.0 Å². The summed E-state index contributed by atoms with van der Waals surface area (Å²) in [4.78, 5) is 30.1. The Labute approximate surface area is 259 Å². The van der Waals surface area contributed by atoms with Crippen LogP contribution in [0, 0.1) is 28.4 Å². The van der Waals surface area contributed by atoms with E-state index in [0.29, 0.717) is 12.1 Å². The van der Waals surface area contributed by atoms with Gasteiger partial charge in [-0.3, -0.25) is 9.78 Å². The average Bonchev–Trinajstić information content (AvgIpc) is 3.26. The molecule has 43 heavy (non-hydrogen) atoms. The minimum absolute atomic E-state index is 0.00273. The van der Waals surface area contributed by atoms with Crippen LogP contribution in [0.5, 0.6) is 0 Å². The van der Waals surface area contributed by atoms with Crippen LogP contribution in [0.25, 0.3) is 0 Å². The van der Waals surface area contributed by atoms with Crippen LogP contribution in [-0.2, 0) is 21.5 Å². The molecule has 7 nitrogen and oxygen atoms in total. The van der Waals surface area contributed by atoms with Gasteiger partial charge in [-0.05, 0) is 54.7 Å². The third-order valence-corrected chi connectivity index (χ3v) is 8.04. The van der Waals surface area contributed by atoms with Gasteiger partial charge in [-0.1, -0.05) is 62.2 Å². The van der Waals surface area contributed by atoms with Crippen LogP contribution < -0.4 is 10.6 Å². The first-order chi connectivity index (χ1) is 20.3. The van der Waals surface area contributed by atoms with E-state index >= 15 is 8.78 Å². The molecule has 1 aromatic heterocycles. The summed E-state index contributed by atoms with van der Waals surface area (Å²) in [5.41, 5.74) is -1.38. The predicted octanol–water partition coefficient (Wildman–Crippen LogP) is 6.48. The highest BCUT2D eigenvalue weighted by Crippen LogP contribution is 2.52. The molecule has 2 N–H and O–H groups in total. The third-order valence-electron chi connectivity index (χ3n) is 7.51. The Bertz CT molecular complexity index is 1560. The Morgan fingerprint density at radius 2 is 1.91 bits per heavy atom. The summed E-state index contributed by atoms with van der Waals surface area (Å²) in [5, 5.41) is 16.9. The Kier molecular flexibility index (Phi) is 9.75. The Morgan fingerprint density at radius 1 is 1.16 bits per heavy atom. The lowest BCUT2D eigenvalue weighted by Gasteiger charge is -2.37. The van der Waals surface area contributed by atoms with Gasteiger partial charge in [0.1, 0.15) is 17.0 Å². The van der Waals surface area contributed by atoms with Crippen LogP contribution in [0.3, 0.4) is 0 Å². The minimum Gasteiger partial charge on any atom is -0.462 e. The number of nitrogens with one attached hydrogen (secondary N) is 2. The summed E-state index contributed by atoms with van der Waals surface area (Å²) < 4.78 is 36.5. The molecule has 0 spiro atoms. The Morgan fingerprint density at radius 3 is 2.51 bits per heavy atom. The molecule has 1 aliphatic heterocycles. The molecule has 1 aliphatic rings. The number of esters is 1. The standard InChI is InChI=1S/C32H32Cl2F2N4O3/c1-5-43-30(42)18-9-11-20(38-15-18)16-39-29(41)28-26(21-7-6-8-23(34)27(21)36)32(17-37,25(40-28)14-31(2,3)4)22-12-10-19(33)13-24(22)35/h6-13,15,25-26,28,40H,5,14,16H2,1-4H3,(H,39,41). The molecule has 4 rings (SSSR count). The smallest absolute Gasteiger partial charge is 0.339 e. The van der Waals surface area contributed by atoms with Crippen molar-refractivity contribution in [3.05, 3.63) is 98.8 Å². The van der Waals surface area contributed by atoms with E-state index in [1.807, 2.05) is 20.8 Å². The lowest BCUT2D eigenvalue weighted by Crippen LogP contribution is -2.45. The molecule has 2 heterocycles. The maximum Gasteiger partial charge on any atom is 0.339 e. The molecule has 0 saturated carbocycles. The Hall–Kier alpha value is -3.58. The second kappa shape index (κ2) is 13.0. The number of benzene rings is 2. The lowest BCUT2D eigenvalue weighted by atomic mass is 9.62. The maximum absolute atomic E-state index is 15.8. The van der Waals surface area contributed by atoms with Gasteiger partial charge in [-0.25, -0.2) is 13.6 Å². The number of amides is 1. The van der Waals surface area contributed by atoms with Crippen molar-refractivity contribution in [2.24, 2.45) is 5.41 Å². The highest BCUT2D eigenvalue weighted by atomic mass is 35.5. The molecule has 2 aromatic carbocycles. The molecular weight excluding hydrogens is 597 g/mol. The number of carbonyl (C=O) groups is 2. The SMILES string of the molecule is CCOC(=O)c1ccc(CNC(=O)C2NC(CC(C)(C)C)C(C#N)(c3ccc(Cl)cc3F)C2c2cccc(Cl)c2F)nc1. The first-order valence-corrected chi connectivity index (χ1v) is 14.5. The second-order valence-electron chi connectivity index (χ2n) is 11.7.